The lowest BCUT2D eigenvalue weighted by atomic mass is 10.2. The van der Waals surface area contributed by atoms with E-state index in [1.807, 2.05) is 36.4 Å². The molecule has 31 heavy (non-hydrogen) atoms. The lowest BCUT2D eigenvalue weighted by Crippen LogP contribution is -2.44. The van der Waals surface area contributed by atoms with E-state index < -0.39 is 6.35 Å². The van der Waals surface area contributed by atoms with E-state index in [-0.39, 0.29) is 11.7 Å². The second kappa shape index (κ2) is 10.9. The van der Waals surface area contributed by atoms with E-state index in [0.29, 0.717) is 42.6 Å². The van der Waals surface area contributed by atoms with Gasteiger partial charge in [-0.05, 0) is 48.2 Å². The quantitative estimate of drug-likeness (QED) is 0.327. The smallest absolute Gasteiger partial charge is 0.271 e. The molecular weight excluding hydrogens is 418 g/mol. The predicted octanol–water partition coefficient (Wildman–Crippen LogP) is 2.19. The van der Waals surface area contributed by atoms with Gasteiger partial charge in [-0.15, -0.1) is 0 Å². The molecule has 1 amide bonds. The van der Waals surface area contributed by atoms with E-state index in [9.17, 15) is 4.79 Å². The third-order valence-corrected chi connectivity index (χ3v) is 5.14. The Morgan fingerprint density at radius 3 is 2.48 bits per heavy atom. The molecule has 0 radical (unpaired) electrons. The Kier molecular flexibility index (Phi) is 8.00. The van der Waals surface area contributed by atoms with Crippen molar-refractivity contribution in [3.8, 4) is 5.75 Å². The third kappa shape index (κ3) is 6.04. The molecule has 3 rings (SSSR count). The number of nitrogens with one attached hydrogen (secondary N) is 2. The van der Waals surface area contributed by atoms with Crippen molar-refractivity contribution >= 4 is 17.5 Å². The minimum atomic E-state index is -0.642. The zero-order valence-corrected chi connectivity index (χ0v) is 18.2. The molecule has 1 unspecified atom stereocenters. The van der Waals surface area contributed by atoms with Crippen LogP contribution < -0.4 is 27.0 Å². The average molecular weight is 446 g/mol. The highest BCUT2D eigenvalue weighted by molar-refractivity contribution is 6.30. The van der Waals surface area contributed by atoms with Gasteiger partial charge in [0, 0.05) is 18.1 Å². The maximum atomic E-state index is 12.9. The Balaban J connectivity index is 1.78. The van der Waals surface area contributed by atoms with Crippen molar-refractivity contribution in [2.45, 2.75) is 32.7 Å². The van der Waals surface area contributed by atoms with Crippen molar-refractivity contribution < 1.29 is 14.4 Å². The summed E-state index contributed by atoms with van der Waals surface area (Å²) in [6.07, 6.45) is 0.888. The SMILES string of the molecule is CCc1ccc(OC2NC(N)=C(C(=O)NCCCON)N2Cc2ccc(Cl)cc2)cc1. The maximum absolute atomic E-state index is 12.9. The molecule has 1 atom stereocenters. The maximum Gasteiger partial charge on any atom is 0.271 e. The van der Waals surface area contributed by atoms with Crippen LogP contribution in [0.5, 0.6) is 5.75 Å². The van der Waals surface area contributed by atoms with Crippen molar-refractivity contribution in [3.63, 3.8) is 0 Å². The predicted molar refractivity (Wildman–Crippen MR) is 119 cm³/mol. The number of hydrogen-bond acceptors (Lipinski definition) is 7. The molecule has 1 aliphatic heterocycles. The number of amides is 1. The van der Waals surface area contributed by atoms with Crippen molar-refractivity contribution in [1.29, 1.82) is 0 Å². The number of ether oxygens (including phenoxy) is 1. The highest BCUT2D eigenvalue weighted by Gasteiger charge is 2.35. The van der Waals surface area contributed by atoms with Crippen molar-refractivity contribution in [2.24, 2.45) is 11.6 Å². The first-order valence-electron chi connectivity index (χ1n) is 10.1. The van der Waals surface area contributed by atoms with Crippen LogP contribution >= 0.6 is 11.6 Å². The topological polar surface area (TPSA) is 115 Å². The van der Waals surface area contributed by atoms with Gasteiger partial charge in [-0.2, -0.15) is 0 Å². The first kappa shape index (κ1) is 22.7. The summed E-state index contributed by atoms with van der Waals surface area (Å²) in [7, 11) is 0. The Morgan fingerprint density at radius 1 is 1.16 bits per heavy atom. The van der Waals surface area contributed by atoms with Crippen LogP contribution in [0.4, 0.5) is 0 Å². The number of nitrogens with zero attached hydrogens (tertiary/aromatic N) is 1. The number of halogens is 1. The van der Waals surface area contributed by atoms with Crippen molar-refractivity contribution in [2.75, 3.05) is 13.2 Å². The largest absolute Gasteiger partial charge is 0.452 e. The summed E-state index contributed by atoms with van der Waals surface area (Å²) in [5, 5.41) is 6.56. The molecule has 0 aromatic heterocycles. The van der Waals surface area contributed by atoms with Crippen LogP contribution in [0.1, 0.15) is 24.5 Å². The number of nitrogens with two attached hydrogens (primary N) is 2. The molecule has 0 fully saturated rings. The van der Waals surface area contributed by atoms with Gasteiger partial charge in [-0.1, -0.05) is 42.8 Å². The molecule has 2 aromatic carbocycles. The number of carbonyl (C=O) groups is 1. The summed E-state index contributed by atoms with van der Waals surface area (Å²) in [6.45, 7) is 3.25. The molecule has 0 saturated heterocycles. The summed E-state index contributed by atoms with van der Waals surface area (Å²) in [5.41, 5.74) is 8.67. The number of carbonyl (C=O) groups excluding carboxylic acids is 1. The third-order valence-electron chi connectivity index (χ3n) is 4.89. The molecule has 0 saturated carbocycles. The minimum Gasteiger partial charge on any atom is -0.452 e. The van der Waals surface area contributed by atoms with Gasteiger partial charge < -0.3 is 30.8 Å². The van der Waals surface area contributed by atoms with Gasteiger partial charge in [0.05, 0.1) is 6.61 Å². The van der Waals surface area contributed by atoms with Crippen LogP contribution in [0.2, 0.25) is 5.02 Å². The first-order valence-corrected chi connectivity index (χ1v) is 10.5. The number of aryl methyl sites for hydroxylation is 1. The van der Waals surface area contributed by atoms with E-state index in [1.54, 1.807) is 17.0 Å². The van der Waals surface area contributed by atoms with E-state index >= 15 is 0 Å². The summed E-state index contributed by atoms with van der Waals surface area (Å²) in [4.78, 5) is 19.2. The molecule has 0 aliphatic carbocycles. The average Bonchev–Trinajstić information content (AvgIpc) is 3.07. The molecule has 8 nitrogen and oxygen atoms in total. The van der Waals surface area contributed by atoms with Gasteiger partial charge in [0.25, 0.3) is 12.3 Å². The van der Waals surface area contributed by atoms with Gasteiger partial charge in [0.2, 0.25) is 0 Å². The summed E-state index contributed by atoms with van der Waals surface area (Å²) >= 11 is 6.01. The van der Waals surface area contributed by atoms with Gasteiger partial charge >= 0.3 is 0 Å². The number of rotatable bonds is 10. The van der Waals surface area contributed by atoms with E-state index in [2.05, 4.69) is 22.4 Å². The van der Waals surface area contributed by atoms with Crippen LogP contribution in [0.15, 0.2) is 60.0 Å². The Labute approximate surface area is 187 Å². The molecule has 1 heterocycles. The zero-order valence-electron chi connectivity index (χ0n) is 17.4. The van der Waals surface area contributed by atoms with Crippen LogP contribution in [0.25, 0.3) is 0 Å². The summed E-state index contributed by atoms with van der Waals surface area (Å²) in [6, 6.07) is 15.2. The second-order valence-corrected chi connectivity index (χ2v) is 7.55. The van der Waals surface area contributed by atoms with Gasteiger partial charge in [0.15, 0.2) is 0 Å². The van der Waals surface area contributed by atoms with Crippen LogP contribution in [0, 0.1) is 0 Å². The molecule has 166 valence electrons. The normalized spacial score (nSPS) is 15.7. The van der Waals surface area contributed by atoms with Crippen molar-refractivity contribution in [3.05, 3.63) is 76.2 Å². The monoisotopic (exact) mass is 445 g/mol. The van der Waals surface area contributed by atoms with Crippen molar-refractivity contribution in [1.82, 2.24) is 15.5 Å². The van der Waals surface area contributed by atoms with E-state index in [4.69, 9.17) is 28.0 Å². The first-order chi connectivity index (χ1) is 15.0. The van der Waals surface area contributed by atoms with Gasteiger partial charge in [-0.3, -0.25) is 4.79 Å². The molecule has 0 spiro atoms. The molecule has 6 N–H and O–H groups in total. The minimum absolute atomic E-state index is 0.247. The summed E-state index contributed by atoms with van der Waals surface area (Å²) in [5.74, 6) is 5.65. The van der Waals surface area contributed by atoms with E-state index in [0.717, 1.165) is 12.0 Å². The molecule has 1 aliphatic rings. The lowest BCUT2D eigenvalue weighted by Gasteiger charge is -2.28. The van der Waals surface area contributed by atoms with E-state index in [1.165, 1.54) is 5.56 Å². The highest BCUT2D eigenvalue weighted by atomic mass is 35.5. The fraction of sp³-hybridized carbons (Fsp3) is 0.318. The van der Waals surface area contributed by atoms with Crippen LogP contribution in [0.3, 0.4) is 0 Å². The molecule has 0 bridgehead atoms. The fourth-order valence-electron chi connectivity index (χ4n) is 3.22. The summed E-state index contributed by atoms with van der Waals surface area (Å²) < 4.78 is 6.13. The van der Waals surface area contributed by atoms with Crippen LogP contribution in [-0.2, 0) is 22.6 Å². The Bertz CT molecular complexity index is 902. The Morgan fingerprint density at radius 2 is 1.84 bits per heavy atom. The Hall–Kier alpha value is -2.94. The zero-order chi connectivity index (χ0) is 22.2. The standard InChI is InChI=1S/C22H28ClN5O3/c1-2-15-6-10-18(11-7-15)31-22-27-20(24)19(21(29)26-12-3-13-30-25)28(22)14-16-4-8-17(23)9-5-16/h4-11,22,27H,2-3,12-14,24-25H2,1H3,(H,26,29). The molecule has 2 aromatic rings. The lowest BCUT2D eigenvalue weighted by molar-refractivity contribution is -0.120. The van der Waals surface area contributed by atoms with Crippen LogP contribution in [-0.4, -0.2) is 30.3 Å². The van der Waals surface area contributed by atoms with Gasteiger partial charge in [0.1, 0.15) is 17.3 Å². The number of benzene rings is 2. The molecule has 9 heteroatoms. The van der Waals surface area contributed by atoms with Gasteiger partial charge in [-0.25, -0.2) is 5.90 Å². The number of hydrogen-bond donors (Lipinski definition) is 4. The highest BCUT2D eigenvalue weighted by Crippen LogP contribution is 2.25. The molecular formula is C22H28ClN5O3. The second-order valence-electron chi connectivity index (χ2n) is 7.11. The fourth-order valence-corrected chi connectivity index (χ4v) is 3.35.